The van der Waals surface area contributed by atoms with Crippen molar-refractivity contribution < 1.29 is 32.3 Å². The molecule has 0 saturated carbocycles. The lowest BCUT2D eigenvalue weighted by atomic mass is 10.2. The van der Waals surface area contributed by atoms with Gasteiger partial charge in [0, 0.05) is 25.3 Å². The summed E-state index contributed by atoms with van der Waals surface area (Å²) < 4.78 is 49.3. The SMILES string of the molecule is CCN(CCNC(=O)C(F)(F)CF)c1ccc(N=Nc2cccc(P(=O)(O)O)c2)cc1. The topological polar surface area (TPSA) is 115 Å². The highest BCUT2D eigenvalue weighted by Crippen LogP contribution is 2.34. The van der Waals surface area contributed by atoms with E-state index < -0.39 is 26.1 Å². The van der Waals surface area contributed by atoms with E-state index >= 15 is 0 Å². The fourth-order valence-corrected chi connectivity index (χ4v) is 3.13. The summed E-state index contributed by atoms with van der Waals surface area (Å²) in [5, 5.41) is 9.85. The van der Waals surface area contributed by atoms with Crippen molar-refractivity contribution in [2.24, 2.45) is 10.2 Å². The molecule has 12 heteroatoms. The first-order chi connectivity index (χ1) is 14.6. The molecule has 0 radical (unpaired) electrons. The van der Waals surface area contributed by atoms with Crippen molar-refractivity contribution in [3.05, 3.63) is 48.5 Å². The third-order valence-electron chi connectivity index (χ3n) is 4.21. The van der Waals surface area contributed by atoms with Crippen molar-refractivity contribution in [1.29, 1.82) is 0 Å². The number of hydrogen-bond acceptors (Lipinski definition) is 5. The highest BCUT2D eigenvalue weighted by Gasteiger charge is 2.38. The van der Waals surface area contributed by atoms with Gasteiger partial charge in [0.25, 0.3) is 5.91 Å². The number of amides is 1. The number of benzene rings is 2. The molecule has 31 heavy (non-hydrogen) atoms. The Morgan fingerprint density at radius 2 is 1.77 bits per heavy atom. The number of alkyl halides is 3. The zero-order valence-corrected chi connectivity index (χ0v) is 17.5. The second-order valence-electron chi connectivity index (χ2n) is 6.45. The minimum Gasteiger partial charge on any atom is -0.370 e. The van der Waals surface area contributed by atoms with Crippen LogP contribution in [-0.4, -0.2) is 47.9 Å². The summed E-state index contributed by atoms with van der Waals surface area (Å²) >= 11 is 0. The maximum atomic E-state index is 12.9. The molecule has 0 aromatic heterocycles. The quantitative estimate of drug-likeness (QED) is 0.373. The van der Waals surface area contributed by atoms with Crippen molar-refractivity contribution in [2.75, 3.05) is 31.2 Å². The smallest absolute Gasteiger partial charge is 0.356 e. The zero-order valence-electron chi connectivity index (χ0n) is 16.6. The van der Waals surface area contributed by atoms with E-state index in [1.165, 1.54) is 18.2 Å². The lowest BCUT2D eigenvalue weighted by Gasteiger charge is -2.23. The molecule has 2 rings (SSSR count). The van der Waals surface area contributed by atoms with Crippen LogP contribution in [0.15, 0.2) is 58.8 Å². The van der Waals surface area contributed by atoms with Crippen LogP contribution < -0.4 is 15.5 Å². The Balaban J connectivity index is 1.99. The van der Waals surface area contributed by atoms with Crippen LogP contribution in [0.25, 0.3) is 0 Å². The van der Waals surface area contributed by atoms with E-state index in [-0.39, 0.29) is 24.1 Å². The van der Waals surface area contributed by atoms with Crippen LogP contribution >= 0.6 is 7.60 Å². The molecule has 0 aliphatic rings. The predicted octanol–water partition coefficient (Wildman–Crippen LogP) is 3.45. The molecule has 1 amide bonds. The molecule has 2 aromatic carbocycles. The van der Waals surface area contributed by atoms with Crippen LogP contribution in [0.4, 0.5) is 30.2 Å². The molecule has 0 spiro atoms. The van der Waals surface area contributed by atoms with Crippen LogP contribution in [0.2, 0.25) is 0 Å². The number of carbonyl (C=O) groups excluding carboxylic acids is 1. The first-order valence-electron chi connectivity index (χ1n) is 9.22. The van der Waals surface area contributed by atoms with Crippen molar-refractivity contribution in [2.45, 2.75) is 12.8 Å². The van der Waals surface area contributed by atoms with E-state index in [9.17, 15) is 32.3 Å². The number of hydrogen-bond donors (Lipinski definition) is 3. The summed E-state index contributed by atoms with van der Waals surface area (Å²) in [7, 11) is -4.38. The number of azo groups is 1. The second-order valence-corrected chi connectivity index (χ2v) is 8.06. The van der Waals surface area contributed by atoms with Gasteiger partial charge in [-0.05, 0) is 49.4 Å². The Bertz CT molecular complexity index is 967. The predicted molar refractivity (Wildman–Crippen MR) is 111 cm³/mol. The Kier molecular flexibility index (Phi) is 8.32. The van der Waals surface area contributed by atoms with Gasteiger partial charge in [-0.3, -0.25) is 9.36 Å². The van der Waals surface area contributed by atoms with Crippen molar-refractivity contribution in [3.63, 3.8) is 0 Å². The van der Waals surface area contributed by atoms with Gasteiger partial charge in [-0.25, -0.2) is 4.39 Å². The summed E-state index contributed by atoms with van der Waals surface area (Å²) in [6.07, 6.45) is 0. The van der Waals surface area contributed by atoms with Crippen molar-refractivity contribution in [3.8, 4) is 0 Å². The average Bonchev–Trinajstić information content (AvgIpc) is 2.75. The van der Waals surface area contributed by atoms with Crippen molar-refractivity contribution in [1.82, 2.24) is 5.32 Å². The number of halogens is 3. The van der Waals surface area contributed by atoms with E-state index in [0.29, 0.717) is 12.2 Å². The standard InChI is InChI=1S/C19H22F3N4O4P/c1-2-26(11-10-23-18(27)19(21,22)13-20)16-8-6-14(7-9-16)24-25-15-4-3-5-17(12-15)31(28,29)30/h3-9,12H,2,10-11,13H2,1H3,(H,23,27)(H2,28,29,30). The van der Waals surface area contributed by atoms with E-state index in [1.807, 2.05) is 17.1 Å². The molecule has 0 fully saturated rings. The maximum absolute atomic E-state index is 12.9. The van der Waals surface area contributed by atoms with Gasteiger partial charge in [0.15, 0.2) is 6.67 Å². The normalized spacial score (nSPS) is 12.2. The fraction of sp³-hybridized carbons (Fsp3) is 0.316. The number of nitrogens with zero attached hydrogens (tertiary/aromatic N) is 3. The van der Waals surface area contributed by atoms with Crippen LogP contribution in [0.3, 0.4) is 0 Å². The molecule has 0 bridgehead atoms. The first-order valence-corrected chi connectivity index (χ1v) is 10.8. The van der Waals surface area contributed by atoms with Crippen LogP contribution in [0.5, 0.6) is 0 Å². The Labute approximate surface area is 177 Å². The molecule has 0 atom stereocenters. The van der Waals surface area contributed by atoms with Crippen LogP contribution in [0, 0.1) is 0 Å². The largest absolute Gasteiger partial charge is 0.370 e. The van der Waals surface area contributed by atoms with Gasteiger partial charge >= 0.3 is 13.5 Å². The first kappa shape index (κ1) is 24.5. The minimum absolute atomic E-state index is 0.0837. The molecular weight excluding hydrogens is 436 g/mol. The third kappa shape index (κ3) is 7.16. The molecule has 0 unspecified atom stereocenters. The van der Waals surface area contributed by atoms with Gasteiger partial charge in [-0.2, -0.15) is 19.0 Å². The Morgan fingerprint density at radius 1 is 1.13 bits per heavy atom. The molecule has 0 heterocycles. The molecule has 0 aliphatic carbocycles. The lowest BCUT2D eigenvalue weighted by molar-refractivity contribution is -0.147. The Hall–Kier alpha value is -2.75. The molecule has 2 aromatic rings. The highest BCUT2D eigenvalue weighted by atomic mass is 31.2. The number of carbonyl (C=O) groups is 1. The summed E-state index contributed by atoms with van der Waals surface area (Å²) in [5.41, 5.74) is 1.51. The fourth-order valence-electron chi connectivity index (χ4n) is 2.55. The van der Waals surface area contributed by atoms with E-state index in [4.69, 9.17) is 0 Å². The van der Waals surface area contributed by atoms with Gasteiger partial charge in [-0.15, -0.1) is 0 Å². The Morgan fingerprint density at radius 3 is 2.35 bits per heavy atom. The zero-order chi connectivity index (χ0) is 23.1. The van der Waals surface area contributed by atoms with E-state index in [1.54, 1.807) is 30.3 Å². The van der Waals surface area contributed by atoms with Gasteiger partial charge in [0.05, 0.1) is 16.7 Å². The molecule has 0 saturated heterocycles. The third-order valence-corrected chi connectivity index (χ3v) is 5.16. The maximum Gasteiger partial charge on any atom is 0.356 e. The van der Waals surface area contributed by atoms with Crippen molar-refractivity contribution >= 4 is 35.9 Å². The van der Waals surface area contributed by atoms with E-state index in [2.05, 4.69) is 10.2 Å². The lowest BCUT2D eigenvalue weighted by Crippen LogP contribution is -2.44. The minimum atomic E-state index is -4.38. The number of likely N-dealkylation sites (N-methyl/N-ethyl adjacent to an activating group) is 1. The molecule has 0 aliphatic heterocycles. The monoisotopic (exact) mass is 458 g/mol. The average molecular weight is 458 g/mol. The molecule has 3 N–H and O–H groups in total. The summed E-state index contributed by atoms with van der Waals surface area (Å²) in [6.45, 7) is 0.487. The number of nitrogens with one attached hydrogen (secondary N) is 1. The second kappa shape index (κ2) is 10.5. The highest BCUT2D eigenvalue weighted by molar-refractivity contribution is 7.60. The van der Waals surface area contributed by atoms with Crippen LogP contribution in [-0.2, 0) is 9.36 Å². The molecule has 168 valence electrons. The number of rotatable bonds is 10. The summed E-state index contributed by atoms with van der Waals surface area (Å²) in [5.74, 6) is -5.68. The van der Waals surface area contributed by atoms with Crippen LogP contribution in [0.1, 0.15) is 6.92 Å². The number of anilines is 1. The van der Waals surface area contributed by atoms with E-state index in [0.717, 1.165) is 5.69 Å². The van der Waals surface area contributed by atoms with Gasteiger partial charge < -0.3 is 20.0 Å². The summed E-state index contributed by atoms with van der Waals surface area (Å²) in [4.78, 5) is 31.5. The van der Waals surface area contributed by atoms with Gasteiger partial charge in [0.2, 0.25) is 0 Å². The molecule has 8 nitrogen and oxygen atoms in total. The van der Waals surface area contributed by atoms with Gasteiger partial charge in [0.1, 0.15) is 0 Å². The van der Waals surface area contributed by atoms with Gasteiger partial charge in [-0.1, -0.05) is 6.07 Å². The molecular formula is C19H22F3N4O4P. The summed E-state index contributed by atoms with van der Waals surface area (Å²) in [6, 6.07) is 12.3.